The maximum atomic E-state index is 12.1. The van der Waals surface area contributed by atoms with Gasteiger partial charge in [-0.3, -0.25) is 74.6 Å². The maximum Gasteiger partial charge on any atom is 0.335 e. The largest absolute Gasteiger partial charge is 0.466 e. The van der Waals surface area contributed by atoms with Crippen LogP contribution in [0.3, 0.4) is 0 Å². The molecule has 0 heterocycles. The minimum Gasteiger partial charge on any atom is -0.466 e. The van der Waals surface area contributed by atoms with Crippen LogP contribution < -0.4 is 0 Å². The molecule has 0 aromatic rings. The lowest BCUT2D eigenvalue weighted by Gasteiger charge is -2.19. The number of hydrogen-bond acceptors (Lipinski definition) is 41. The first-order valence-corrected chi connectivity index (χ1v) is 73.6. The summed E-state index contributed by atoms with van der Waals surface area (Å²) in [4.78, 5) is 154. The van der Waals surface area contributed by atoms with E-state index in [4.69, 9.17) is 143 Å². The Bertz CT molecular complexity index is 3350. The van der Waals surface area contributed by atoms with E-state index in [0.717, 1.165) is 39.5 Å². The molecule has 0 bridgehead atoms. The van der Waals surface area contributed by atoms with Gasteiger partial charge in [0.25, 0.3) is 0 Å². The zero-order valence-corrected chi connectivity index (χ0v) is 101. The predicted molar refractivity (Wildman–Crippen MR) is 543 cm³/mol. The van der Waals surface area contributed by atoms with Gasteiger partial charge in [-0.15, -0.1) is 0 Å². The van der Waals surface area contributed by atoms with Crippen LogP contribution in [0, 0.1) is 41.4 Å². The molecule has 0 radical (unpaired) electrons. The second kappa shape index (κ2) is 95.0. The summed E-state index contributed by atoms with van der Waals surface area (Å²) in [6.45, 7) is 55.7. The topological polar surface area (TPSA) is 740 Å². The van der Waals surface area contributed by atoms with Gasteiger partial charge >= 0.3 is 99.3 Å². The van der Waals surface area contributed by atoms with Crippen molar-refractivity contribution in [3.63, 3.8) is 0 Å². The van der Waals surface area contributed by atoms with Crippen LogP contribution in [-0.2, 0) is 168 Å². The molecule has 9 unspecified atom stereocenters. The molecule has 840 valence electrons. The number of unbranched alkanes of at least 4 members (excludes halogenated alkanes) is 1. The van der Waals surface area contributed by atoms with Gasteiger partial charge in [0.15, 0.2) is 13.5 Å². The molecule has 0 aliphatic rings. The summed E-state index contributed by atoms with van der Waals surface area (Å²) in [6.07, 6.45) is -0.133. The molecule has 63 heteroatoms. The number of carbonyl (C=O) groups excluding carboxylic acids is 9. The Morgan fingerprint density at radius 3 is 0.645 bits per heavy atom. The van der Waals surface area contributed by atoms with Crippen molar-refractivity contribution in [2.45, 2.75) is 129 Å². The molecule has 0 spiro atoms. The second-order valence-electron chi connectivity index (χ2n) is 31.4. The summed E-state index contributed by atoms with van der Waals surface area (Å²) >= 11 is 12.9. The van der Waals surface area contributed by atoms with Gasteiger partial charge in [0, 0.05) is 65.3 Å². The van der Waals surface area contributed by atoms with Crippen LogP contribution in [0.5, 0.6) is 0 Å². The van der Waals surface area contributed by atoms with Crippen molar-refractivity contribution in [1.29, 1.82) is 0 Å². The highest BCUT2D eigenvalue weighted by molar-refractivity contribution is 9.09. The number of aliphatic hydroxyl groups is 5. The highest BCUT2D eigenvalue weighted by Crippen LogP contribution is 2.52. The lowest BCUT2D eigenvalue weighted by atomic mass is 10.2. The minimum atomic E-state index is -3.64. The zero-order chi connectivity index (χ0) is 114. The highest BCUT2D eigenvalue weighted by Gasteiger charge is 2.31. The summed E-state index contributed by atoms with van der Waals surface area (Å²) < 4.78 is 197. The first-order chi connectivity index (χ1) is 61.4. The van der Waals surface area contributed by atoms with Gasteiger partial charge in [0.2, 0.25) is 5.85 Å². The van der Waals surface area contributed by atoms with E-state index in [1.54, 1.807) is 156 Å². The summed E-state index contributed by atoms with van der Waals surface area (Å²) in [6, 6.07) is 0. The van der Waals surface area contributed by atoms with Crippen LogP contribution in [-0.4, -0.2) is 390 Å². The number of ether oxygens (including phenoxy) is 9. The van der Waals surface area contributed by atoms with Crippen molar-refractivity contribution in [2.24, 2.45) is 41.4 Å². The SMILES string of the molecule is CCCCOC(=O)C(C)O.CCOC(=O)C(C)CBr.CCOC(=O)C(C)COP(C)(=O)OC(C)C(=O)OCC.CCOC(=O)C(C)COP(C)(=O)OCC(C)C(=O)OCC.CCOC(=O)C(CO)CO.CCOC(=O)C(CO)COP(C)(=O)OCC(CO)C(=O)OCC.CP(=O)(Cl)Cl.CP(=O)(O)O.CP(=O)(O)O.CP(=O)(O)O.CP(C)(=O)O.CP(C)(C)=O.CP(C)(C)=O.CP(C)(C)=O.CP(C)(C)=O. The quantitative estimate of drug-likeness (QED) is 0.00888. The fourth-order valence-corrected chi connectivity index (χ4v) is 8.63. The third-order valence-corrected chi connectivity index (χ3v) is 15.2. The standard InChI is InChI=1S/C13H25O9P.C13H25O7P.C12H23O7P.C7H14O3.C6H11BrO2.C6H12O4.4C3H9OP.C2H7O2P.CH3Cl2OP.3CH5O3P/c1-4-19-12(16)10(6-14)8-21-23(3,18)22-9-11(7-15)13(17)20-5-2;1-6-17-12(14)10(3)8-19-21(5,16)20-9-11(4)13(15)18-7-2;1-6-16-11(13)9(3)8-18-20(5,15)19-10(4)12(14)17-7-2;1-3-4-5-10-7(9)6(2)8;1-3-9-6(8)5(2)4-7;1-2-10-6(9)5(3-7)4-8;9*1-5(2,3)4/h10-11,14-15H,4-9H2,1-3H3;10-11H,6-9H2,1-5H3;9-10H,6-8H2,1-5H3;6,8H,3-5H2,1-2H3;5H,3-4H2,1-2H3;5,7-8H,2-4H2,1H3;4*1-3H3;1-2H3,(H,3,4);1H3;3*1H3,(H2,2,3,4). The Morgan fingerprint density at radius 2 is 0.464 bits per heavy atom. The van der Waals surface area contributed by atoms with Crippen LogP contribution in [0.1, 0.15) is 117 Å². The molecular formula is C75H171BrCl2O48P12. The first-order valence-electron chi connectivity index (χ1n) is 41.7. The van der Waals surface area contributed by atoms with Gasteiger partial charge in [-0.2, -0.15) is 0 Å². The Labute approximate surface area is 836 Å². The number of aliphatic hydroxyl groups excluding tert-OH is 5. The van der Waals surface area contributed by atoms with Crippen molar-refractivity contribution in [3.8, 4) is 0 Å². The number of hydrogen-bond donors (Lipinski definition) is 12. The van der Waals surface area contributed by atoms with Crippen molar-refractivity contribution < 1.29 is 227 Å². The Morgan fingerprint density at radius 1 is 0.290 bits per heavy atom. The molecular weight excluding hydrogens is 2190 g/mol. The Balaban J connectivity index is -0.0000000943. The molecule has 48 nitrogen and oxygen atoms in total. The van der Waals surface area contributed by atoms with Crippen molar-refractivity contribution in [1.82, 2.24) is 0 Å². The van der Waals surface area contributed by atoms with Crippen LogP contribution >= 0.6 is 126 Å². The van der Waals surface area contributed by atoms with Crippen molar-refractivity contribution in [2.75, 3.05) is 264 Å². The smallest absolute Gasteiger partial charge is 0.335 e. The molecule has 0 saturated carbocycles. The second-order valence-corrected chi connectivity index (χ2v) is 66.7. The van der Waals surface area contributed by atoms with Gasteiger partial charge in [-0.25, -0.2) is 9.59 Å². The molecule has 0 aromatic carbocycles. The third-order valence-electron chi connectivity index (χ3n) is 10.5. The van der Waals surface area contributed by atoms with Crippen LogP contribution in [0.2, 0.25) is 0 Å². The molecule has 9 atom stereocenters. The molecule has 0 aromatic heterocycles. The Hall–Kier alpha value is -1.67. The molecule has 0 saturated heterocycles. The van der Waals surface area contributed by atoms with E-state index in [9.17, 15) is 97.9 Å². The number of halogens is 3. The van der Waals surface area contributed by atoms with Crippen LogP contribution in [0.25, 0.3) is 0 Å². The van der Waals surface area contributed by atoms with Gasteiger partial charge in [0.05, 0.1) is 171 Å². The number of esters is 9. The molecule has 0 aliphatic heterocycles. The van der Waals surface area contributed by atoms with E-state index >= 15 is 0 Å². The molecule has 0 fully saturated rings. The fraction of sp³-hybridized carbons (Fsp3) is 0.880. The average Bonchev–Trinajstić information content (AvgIpc) is 0.896. The molecule has 0 aliphatic carbocycles. The molecule has 12 N–H and O–H groups in total. The molecule has 0 rings (SSSR count). The number of rotatable bonds is 42. The number of alkyl halides is 1. The van der Waals surface area contributed by atoms with Gasteiger partial charge in [0.1, 0.15) is 23.9 Å². The Kier molecular flexibility index (Phi) is 117. The van der Waals surface area contributed by atoms with E-state index in [1.807, 2.05) is 13.8 Å². The lowest BCUT2D eigenvalue weighted by molar-refractivity contribution is -0.153. The average molecular weight is 2360 g/mol. The van der Waals surface area contributed by atoms with Gasteiger partial charge in [-0.05, 0) is 199 Å². The van der Waals surface area contributed by atoms with Crippen LogP contribution in [0.15, 0.2) is 0 Å². The maximum absolute atomic E-state index is 12.1. The molecule has 138 heavy (non-hydrogen) atoms. The predicted octanol–water partition coefficient (Wildman–Crippen LogP) is 13.0. The fourth-order valence-electron chi connectivity index (χ4n) is 5.11. The first kappa shape index (κ1) is 170. The zero-order valence-electron chi connectivity index (χ0n) is 87.1. The summed E-state index contributed by atoms with van der Waals surface area (Å²) in [5.41, 5.74) is 0. The summed E-state index contributed by atoms with van der Waals surface area (Å²) in [7, 11) is -30.5. The normalized spacial score (nSPS) is 14.0. The van der Waals surface area contributed by atoms with E-state index in [0.29, 0.717) is 18.5 Å². The monoisotopic (exact) mass is 2360 g/mol. The highest BCUT2D eigenvalue weighted by atomic mass is 79.9. The minimum absolute atomic E-state index is 0.0232. The van der Waals surface area contributed by atoms with Gasteiger partial charge < -0.3 is 143 Å². The van der Waals surface area contributed by atoms with E-state index < -0.39 is 196 Å². The van der Waals surface area contributed by atoms with E-state index in [1.165, 1.54) is 47.2 Å². The van der Waals surface area contributed by atoms with Crippen LogP contribution in [0.4, 0.5) is 0 Å². The lowest BCUT2D eigenvalue weighted by Crippen LogP contribution is -2.27. The van der Waals surface area contributed by atoms with E-state index in [2.05, 4.69) is 25.4 Å². The summed E-state index contributed by atoms with van der Waals surface area (Å²) in [5, 5.41) is 44.4. The third kappa shape index (κ3) is 203. The van der Waals surface area contributed by atoms with Crippen molar-refractivity contribution >= 4 is 179 Å². The van der Waals surface area contributed by atoms with Crippen molar-refractivity contribution in [3.05, 3.63) is 0 Å². The molecule has 0 amide bonds. The van der Waals surface area contributed by atoms with Gasteiger partial charge in [-0.1, -0.05) is 36.2 Å². The number of carbonyl (C=O) groups is 9. The summed E-state index contributed by atoms with van der Waals surface area (Å²) in [5.74, 6) is -11.5. The van der Waals surface area contributed by atoms with E-state index in [-0.39, 0.29) is 104 Å².